The third-order valence-electron chi connectivity index (χ3n) is 4.25. The first-order chi connectivity index (χ1) is 11.6. The van der Waals surface area contributed by atoms with Gasteiger partial charge in [0.15, 0.2) is 5.41 Å². The number of benzene rings is 1. The van der Waals surface area contributed by atoms with Crippen LogP contribution in [-0.2, 0) is 16.0 Å². The number of rotatable bonds is 5. The highest BCUT2D eigenvalue weighted by atomic mass is 19.4. The topological polar surface area (TPSA) is 66.8 Å². The zero-order chi connectivity index (χ0) is 18.8. The van der Waals surface area contributed by atoms with E-state index in [-0.39, 0.29) is 19.1 Å². The Labute approximate surface area is 143 Å². The highest BCUT2D eigenvalue weighted by Gasteiger charge is 2.64. The van der Waals surface area contributed by atoms with Crippen molar-refractivity contribution in [1.29, 1.82) is 0 Å². The number of likely N-dealkylation sites (tertiary alicyclic amines) is 1. The van der Waals surface area contributed by atoms with Gasteiger partial charge in [0.2, 0.25) is 5.91 Å². The number of alkyl halides is 3. The molecule has 0 aliphatic carbocycles. The van der Waals surface area contributed by atoms with E-state index in [0.717, 1.165) is 4.90 Å². The molecule has 1 aromatic carbocycles. The van der Waals surface area contributed by atoms with Crippen LogP contribution in [-0.4, -0.2) is 47.3 Å². The summed E-state index contributed by atoms with van der Waals surface area (Å²) in [6.45, 7) is 2.54. The van der Waals surface area contributed by atoms with Gasteiger partial charge in [-0.1, -0.05) is 18.2 Å². The molecular weight excluding hydrogens is 339 g/mol. The second-order valence-electron chi connectivity index (χ2n) is 6.40. The van der Waals surface area contributed by atoms with E-state index in [1.165, 1.54) is 0 Å². The molecular formula is C17H20F3NO4. The van der Waals surface area contributed by atoms with Gasteiger partial charge >= 0.3 is 12.1 Å². The van der Waals surface area contributed by atoms with E-state index in [1.54, 1.807) is 24.3 Å². The average molecular weight is 359 g/mol. The summed E-state index contributed by atoms with van der Waals surface area (Å²) in [7, 11) is 0. The van der Waals surface area contributed by atoms with Crippen LogP contribution in [0.4, 0.5) is 13.2 Å². The number of halogens is 3. The fourth-order valence-electron chi connectivity index (χ4n) is 2.84. The molecule has 1 amide bonds. The lowest BCUT2D eigenvalue weighted by Crippen LogP contribution is -2.47. The SMILES string of the molecule is CC(C)Oc1ccccc1CC(=O)N1CCC(C(=O)O)(C(F)(F)F)C1. The van der Waals surface area contributed by atoms with Crippen LogP contribution in [0.5, 0.6) is 5.75 Å². The van der Waals surface area contributed by atoms with Crippen LogP contribution in [0.2, 0.25) is 0 Å². The standard InChI is InChI=1S/C17H20F3NO4/c1-11(2)25-13-6-4-3-5-12(13)9-14(22)21-8-7-16(10-21,15(23)24)17(18,19)20/h3-6,11H,7-10H2,1-2H3,(H,23,24). The maximum Gasteiger partial charge on any atom is 0.406 e. The lowest BCUT2D eigenvalue weighted by molar-refractivity contribution is -0.227. The van der Waals surface area contributed by atoms with Gasteiger partial charge in [-0.3, -0.25) is 9.59 Å². The van der Waals surface area contributed by atoms with Gasteiger partial charge in [0.05, 0.1) is 12.5 Å². The molecule has 1 aromatic rings. The Morgan fingerprint density at radius 1 is 1.32 bits per heavy atom. The lowest BCUT2D eigenvalue weighted by atomic mass is 9.86. The number of hydrogen-bond donors (Lipinski definition) is 1. The molecule has 1 aliphatic rings. The quantitative estimate of drug-likeness (QED) is 0.878. The zero-order valence-corrected chi connectivity index (χ0v) is 14.0. The summed E-state index contributed by atoms with van der Waals surface area (Å²) in [5.41, 5.74) is -2.34. The molecule has 8 heteroatoms. The van der Waals surface area contributed by atoms with Crippen LogP contribution in [0.1, 0.15) is 25.8 Å². The summed E-state index contributed by atoms with van der Waals surface area (Å²) < 4.78 is 45.2. The molecule has 5 nitrogen and oxygen atoms in total. The van der Waals surface area contributed by atoms with E-state index in [9.17, 15) is 22.8 Å². The van der Waals surface area contributed by atoms with Crippen molar-refractivity contribution < 1.29 is 32.6 Å². The zero-order valence-electron chi connectivity index (χ0n) is 14.0. The monoisotopic (exact) mass is 359 g/mol. The van der Waals surface area contributed by atoms with Crippen molar-refractivity contribution in [2.45, 2.75) is 39.0 Å². The Bertz CT molecular complexity index is 660. The van der Waals surface area contributed by atoms with Crippen LogP contribution in [0.3, 0.4) is 0 Å². The minimum atomic E-state index is -4.91. The molecule has 1 heterocycles. The van der Waals surface area contributed by atoms with Crippen LogP contribution in [0, 0.1) is 5.41 Å². The van der Waals surface area contributed by atoms with Gasteiger partial charge < -0.3 is 14.7 Å². The largest absolute Gasteiger partial charge is 0.491 e. The lowest BCUT2D eigenvalue weighted by Gasteiger charge is -2.27. The second-order valence-corrected chi connectivity index (χ2v) is 6.40. The molecule has 25 heavy (non-hydrogen) atoms. The van der Waals surface area contributed by atoms with Crippen molar-refractivity contribution in [3.05, 3.63) is 29.8 Å². The maximum absolute atomic E-state index is 13.2. The Kier molecular flexibility index (Phi) is 5.29. The van der Waals surface area contributed by atoms with Crippen LogP contribution < -0.4 is 4.74 Å². The number of carbonyl (C=O) groups excluding carboxylic acids is 1. The Morgan fingerprint density at radius 2 is 1.96 bits per heavy atom. The molecule has 1 saturated heterocycles. The summed E-state index contributed by atoms with van der Waals surface area (Å²) >= 11 is 0. The Balaban J connectivity index is 2.15. The molecule has 1 N–H and O–H groups in total. The second kappa shape index (κ2) is 6.93. The fraction of sp³-hybridized carbons (Fsp3) is 0.529. The Morgan fingerprint density at radius 3 is 2.48 bits per heavy atom. The van der Waals surface area contributed by atoms with Crippen LogP contribution in [0.25, 0.3) is 0 Å². The number of carboxylic acids is 1. The number of hydrogen-bond acceptors (Lipinski definition) is 3. The molecule has 1 fully saturated rings. The molecule has 0 spiro atoms. The predicted molar refractivity (Wildman–Crippen MR) is 83.2 cm³/mol. The van der Waals surface area contributed by atoms with Crippen molar-refractivity contribution in [1.82, 2.24) is 4.90 Å². The maximum atomic E-state index is 13.2. The summed E-state index contributed by atoms with van der Waals surface area (Å²) in [6.07, 6.45) is -5.81. The molecule has 0 saturated carbocycles. The van der Waals surface area contributed by atoms with Gasteiger partial charge in [0.25, 0.3) is 0 Å². The minimum Gasteiger partial charge on any atom is -0.491 e. The normalized spacial score (nSPS) is 20.8. The number of nitrogens with zero attached hydrogens (tertiary/aromatic N) is 1. The third-order valence-corrected chi connectivity index (χ3v) is 4.25. The minimum absolute atomic E-state index is 0.118. The van der Waals surface area contributed by atoms with E-state index >= 15 is 0 Å². The van der Waals surface area contributed by atoms with Gasteiger partial charge in [-0.2, -0.15) is 13.2 Å². The smallest absolute Gasteiger partial charge is 0.406 e. The highest BCUT2D eigenvalue weighted by Crippen LogP contribution is 2.45. The molecule has 138 valence electrons. The molecule has 0 aromatic heterocycles. The van der Waals surface area contributed by atoms with E-state index in [0.29, 0.717) is 11.3 Å². The fourth-order valence-corrected chi connectivity index (χ4v) is 2.84. The number of para-hydroxylation sites is 1. The van der Waals surface area contributed by atoms with Crippen LogP contribution in [0.15, 0.2) is 24.3 Å². The highest BCUT2D eigenvalue weighted by molar-refractivity contribution is 5.83. The first-order valence-corrected chi connectivity index (χ1v) is 7.89. The molecule has 1 atom stereocenters. The van der Waals surface area contributed by atoms with Gasteiger partial charge in [-0.25, -0.2) is 0 Å². The van der Waals surface area contributed by atoms with Gasteiger partial charge in [-0.15, -0.1) is 0 Å². The molecule has 0 radical (unpaired) electrons. The summed E-state index contributed by atoms with van der Waals surface area (Å²) in [4.78, 5) is 24.6. The van der Waals surface area contributed by atoms with E-state index < -0.39 is 36.4 Å². The van der Waals surface area contributed by atoms with Crippen molar-refractivity contribution in [3.63, 3.8) is 0 Å². The number of amides is 1. The molecule has 1 unspecified atom stereocenters. The van der Waals surface area contributed by atoms with E-state index in [1.807, 2.05) is 13.8 Å². The van der Waals surface area contributed by atoms with E-state index in [2.05, 4.69) is 0 Å². The van der Waals surface area contributed by atoms with Crippen molar-refractivity contribution in [3.8, 4) is 5.75 Å². The van der Waals surface area contributed by atoms with Gasteiger partial charge in [0.1, 0.15) is 5.75 Å². The summed E-state index contributed by atoms with van der Waals surface area (Å²) in [5.74, 6) is -2.00. The first-order valence-electron chi connectivity index (χ1n) is 7.89. The third kappa shape index (κ3) is 3.88. The summed E-state index contributed by atoms with van der Waals surface area (Å²) in [5, 5.41) is 9.05. The van der Waals surface area contributed by atoms with E-state index in [4.69, 9.17) is 9.84 Å². The number of ether oxygens (including phenoxy) is 1. The number of aliphatic carboxylic acids is 1. The molecule has 0 bridgehead atoms. The van der Waals surface area contributed by atoms with Crippen molar-refractivity contribution >= 4 is 11.9 Å². The Hall–Kier alpha value is -2.25. The average Bonchev–Trinajstić information content (AvgIpc) is 2.95. The van der Waals surface area contributed by atoms with Gasteiger partial charge in [0, 0.05) is 18.7 Å². The van der Waals surface area contributed by atoms with Crippen molar-refractivity contribution in [2.24, 2.45) is 5.41 Å². The first kappa shape index (κ1) is 19.1. The summed E-state index contributed by atoms with van der Waals surface area (Å²) in [6, 6.07) is 6.79. The van der Waals surface area contributed by atoms with Crippen molar-refractivity contribution in [2.75, 3.05) is 13.1 Å². The predicted octanol–water partition coefficient (Wildman–Crippen LogP) is 2.88. The number of carboxylic acid groups (broad SMARTS) is 1. The van der Waals surface area contributed by atoms with Gasteiger partial charge in [-0.05, 0) is 26.3 Å². The molecule has 1 aliphatic heterocycles. The van der Waals surface area contributed by atoms with Crippen LogP contribution >= 0.6 is 0 Å². The molecule has 2 rings (SSSR count). The number of carbonyl (C=O) groups is 2.